The molecule has 1 N–H and O–H groups in total. The Balaban J connectivity index is 1.82. The van der Waals surface area contributed by atoms with Crippen molar-refractivity contribution in [2.45, 2.75) is 19.4 Å². The molecule has 1 saturated heterocycles. The number of amides is 1. The van der Waals surface area contributed by atoms with Gasteiger partial charge in [0.05, 0.1) is 11.0 Å². The van der Waals surface area contributed by atoms with E-state index >= 15 is 0 Å². The molecule has 1 fully saturated rings. The van der Waals surface area contributed by atoms with Crippen molar-refractivity contribution >= 4 is 27.3 Å². The summed E-state index contributed by atoms with van der Waals surface area (Å²) in [6, 6.07) is 6.38. The molecule has 3 nitrogen and oxygen atoms in total. The molecule has 0 bridgehead atoms. The minimum Gasteiger partial charge on any atom is -0.393 e. The number of carbonyl (C=O) groups excluding carboxylic acids is 1. The first-order chi connectivity index (χ1) is 9.54. The largest absolute Gasteiger partial charge is 0.393 e. The first kappa shape index (κ1) is 13.5. The number of fused-ring (bicyclic) bond motifs is 1. The Hall–Kier alpha value is -1.46. The van der Waals surface area contributed by atoms with Crippen molar-refractivity contribution < 1.29 is 14.3 Å². The molecule has 2 unspecified atom stereocenters. The smallest absolute Gasteiger partial charge is 0.263 e. The molecule has 0 saturated carbocycles. The third-order valence-corrected chi connectivity index (χ3v) is 4.97. The molecule has 0 spiro atoms. The van der Waals surface area contributed by atoms with Crippen LogP contribution in [0.5, 0.6) is 0 Å². The van der Waals surface area contributed by atoms with Gasteiger partial charge in [0.2, 0.25) is 0 Å². The lowest BCUT2D eigenvalue weighted by molar-refractivity contribution is 0.0767. The van der Waals surface area contributed by atoms with Gasteiger partial charge in [-0.3, -0.25) is 4.79 Å². The van der Waals surface area contributed by atoms with Gasteiger partial charge in [0.1, 0.15) is 5.82 Å². The second-order valence-corrected chi connectivity index (χ2v) is 6.42. The number of carbonyl (C=O) groups is 1. The standard InChI is InChI=1S/C15H16FNO2S/c1-9(18)11-4-5-17(8-11)15(19)14-6-10-2-3-12(16)7-13(10)20-14/h2-3,6-7,9,11,18H,4-5,8H2,1H3. The first-order valence-electron chi connectivity index (χ1n) is 6.71. The number of hydrogen-bond acceptors (Lipinski definition) is 3. The van der Waals surface area contributed by atoms with Crippen molar-refractivity contribution in [3.8, 4) is 0 Å². The van der Waals surface area contributed by atoms with Crippen LogP contribution in [0.15, 0.2) is 24.3 Å². The molecular weight excluding hydrogens is 277 g/mol. The average molecular weight is 293 g/mol. The van der Waals surface area contributed by atoms with Gasteiger partial charge in [-0.2, -0.15) is 0 Å². The summed E-state index contributed by atoms with van der Waals surface area (Å²) in [4.78, 5) is 14.8. The van der Waals surface area contributed by atoms with Gasteiger partial charge in [-0.05, 0) is 36.9 Å². The number of aliphatic hydroxyl groups is 1. The number of aliphatic hydroxyl groups excluding tert-OH is 1. The predicted octanol–water partition coefficient (Wildman–Crippen LogP) is 2.88. The lowest BCUT2D eigenvalue weighted by atomic mass is 10.0. The average Bonchev–Trinajstić information content (AvgIpc) is 3.03. The highest BCUT2D eigenvalue weighted by molar-refractivity contribution is 7.20. The second kappa shape index (κ2) is 5.14. The van der Waals surface area contributed by atoms with E-state index in [0.29, 0.717) is 18.0 Å². The molecule has 5 heteroatoms. The quantitative estimate of drug-likeness (QED) is 0.925. The zero-order chi connectivity index (χ0) is 14.3. The van der Waals surface area contributed by atoms with Crippen LogP contribution in [0.3, 0.4) is 0 Å². The van der Waals surface area contributed by atoms with Crippen LogP contribution < -0.4 is 0 Å². The molecule has 1 aliphatic rings. The maximum Gasteiger partial charge on any atom is 0.263 e. The van der Waals surface area contributed by atoms with Gasteiger partial charge >= 0.3 is 0 Å². The highest BCUT2D eigenvalue weighted by atomic mass is 32.1. The molecule has 2 heterocycles. The molecule has 1 aromatic carbocycles. The van der Waals surface area contributed by atoms with Gasteiger partial charge in [0, 0.05) is 23.7 Å². The van der Waals surface area contributed by atoms with Crippen molar-refractivity contribution in [2.75, 3.05) is 13.1 Å². The van der Waals surface area contributed by atoms with Crippen LogP contribution in [-0.2, 0) is 0 Å². The van der Waals surface area contributed by atoms with Crippen LogP contribution in [0.4, 0.5) is 4.39 Å². The lowest BCUT2D eigenvalue weighted by Gasteiger charge is -2.16. The van der Waals surface area contributed by atoms with E-state index in [2.05, 4.69) is 0 Å². The third-order valence-electron chi connectivity index (χ3n) is 3.89. The van der Waals surface area contributed by atoms with Crippen molar-refractivity contribution in [3.05, 3.63) is 35.0 Å². The van der Waals surface area contributed by atoms with Crippen LogP contribution in [0.1, 0.15) is 23.0 Å². The summed E-state index contributed by atoms with van der Waals surface area (Å²) in [6.45, 7) is 3.04. The van der Waals surface area contributed by atoms with Crippen LogP contribution in [0.2, 0.25) is 0 Å². The molecular formula is C15H16FNO2S. The molecule has 0 radical (unpaired) electrons. The minimum atomic E-state index is -0.385. The maximum atomic E-state index is 13.2. The first-order valence-corrected chi connectivity index (χ1v) is 7.52. The Morgan fingerprint density at radius 2 is 2.30 bits per heavy atom. The molecule has 3 rings (SSSR count). The van der Waals surface area contributed by atoms with Gasteiger partial charge in [0.25, 0.3) is 5.91 Å². The summed E-state index contributed by atoms with van der Waals surface area (Å²) in [7, 11) is 0. The highest BCUT2D eigenvalue weighted by Crippen LogP contribution is 2.29. The molecule has 20 heavy (non-hydrogen) atoms. The topological polar surface area (TPSA) is 40.5 Å². The Morgan fingerprint density at radius 3 is 3.00 bits per heavy atom. The zero-order valence-electron chi connectivity index (χ0n) is 11.2. The van der Waals surface area contributed by atoms with Crippen molar-refractivity contribution in [2.24, 2.45) is 5.92 Å². The van der Waals surface area contributed by atoms with Crippen LogP contribution in [0, 0.1) is 11.7 Å². The van der Waals surface area contributed by atoms with E-state index in [1.165, 1.54) is 23.5 Å². The zero-order valence-corrected chi connectivity index (χ0v) is 12.0. The summed E-state index contributed by atoms with van der Waals surface area (Å²) in [5.41, 5.74) is 0. The maximum absolute atomic E-state index is 13.2. The summed E-state index contributed by atoms with van der Waals surface area (Å²) >= 11 is 1.32. The monoisotopic (exact) mass is 293 g/mol. The van der Waals surface area contributed by atoms with Crippen LogP contribution >= 0.6 is 11.3 Å². The van der Waals surface area contributed by atoms with E-state index in [9.17, 15) is 14.3 Å². The van der Waals surface area contributed by atoms with E-state index in [1.54, 1.807) is 17.9 Å². The number of nitrogens with zero attached hydrogens (tertiary/aromatic N) is 1. The normalized spacial score (nSPS) is 20.6. The van der Waals surface area contributed by atoms with E-state index in [4.69, 9.17) is 0 Å². The number of thiophene rings is 1. The number of benzene rings is 1. The van der Waals surface area contributed by atoms with Crippen molar-refractivity contribution in [3.63, 3.8) is 0 Å². The van der Waals surface area contributed by atoms with E-state index in [0.717, 1.165) is 16.5 Å². The number of likely N-dealkylation sites (tertiary alicyclic amines) is 1. The molecule has 1 amide bonds. The molecule has 0 aliphatic carbocycles. The van der Waals surface area contributed by atoms with Crippen LogP contribution in [0.25, 0.3) is 10.1 Å². The number of halogens is 1. The Morgan fingerprint density at radius 1 is 1.50 bits per heavy atom. The molecule has 2 atom stereocenters. The Kier molecular flexibility index (Phi) is 3.48. The second-order valence-electron chi connectivity index (χ2n) is 5.33. The lowest BCUT2D eigenvalue weighted by Crippen LogP contribution is -2.29. The van der Waals surface area contributed by atoms with Crippen molar-refractivity contribution in [1.29, 1.82) is 0 Å². The van der Waals surface area contributed by atoms with Gasteiger partial charge in [-0.25, -0.2) is 4.39 Å². The predicted molar refractivity (Wildman–Crippen MR) is 77.5 cm³/mol. The van der Waals surface area contributed by atoms with Gasteiger partial charge in [-0.15, -0.1) is 11.3 Å². The van der Waals surface area contributed by atoms with E-state index in [1.807, 2.05) is 6.07 Å². The fraction of sp³-hybridized carbons (Fsp3) is 0.400. The van der Waals surface area contributed by atoms with E-state index < -0.39 is 0 Å². The van der Waals surface area contributed by atoms with Crippen LogP contribution in [-0.4, -0.2) is 35.1 Å². The third kappa shape index (κ3) is 2.43. The fourth-order valence-electron chi connectivity index (χ4n) is 2.63. The summed E-state index contributed by atoms with van der Waals surface area (Å²) in [6.07, 6.45) is 0.451. The van der Waals surface area contributed by atoms with Gasteiger partial charge in [0.15, 0.2) is 0 Å². The molecule has 1 aliphatic heterocycles. The molecule has 1 aromatic heterocycles. The molecule has 106 valence electrons. The highest BCUT2D eigenvalue weighted by Gasteiger charge is 2.30. The fourth-order valence-corrected chi connectivity index (χ4v) is 3.69. The number of rotatable bonds is 2. The minimum absolute atomic E-state index is 0.0187. The SMILES string of the molecule is CC(O)C1CCN(C(=O)c2cc3ccc(F)cc3s2)C1. The summed E-state index contributed by atoms with van der Waals surface area (Å²) in [5, 5.41) is 10.5. The Bertz CT molecular complexity index is 652. The van der Waals surface area contributed by atoms with Gasteiger partial charge in [-0.1, -0.05) is 6.07 Å². The number of hydrogen-bond donors (Lipinski definition) is 1. The Labute approximate surface area is 120 Å². The van der Waals surface area contributed by atoms with E-state index in [-0.39, 0.29) is 23.7 Å². The summed E-state index contributed by atoms with van der Waals surface area (Å²) in [5.74, 6) is -0.144. The molecule has 2 aromatic rings. The van der Waals surface area contributed by atoms with Gasteiger partial charge < -0.3 is 10.0 Å². The summed E-state index contributed by atoms with van der Waals surface area (Å²) < 4.78 is 14.0. The van der Waals surface area contributed by atoms with Crippen molar-refractivity contribution in [1.82, 2.24) is 4.90 Å².